The van der Waals surface area contributed by atoms with Gasteiger partial charge in [0.25, 0.3) is 5.91 Å². The topological polar surface area (TPSA) is 58.6 Å². The van der Waals surface area contributed by atoms with Crippen LogP contribution in [0.1, 0.15) is 45.6 Å². The summed E-state index contributed by atoms with van der Waals surface area (Å²) in [6.07, 6.45) is 4.90. The summed E-state index contributed by atoms with van der Waals surface area (Å²) in [6, 6.07) is 7.40. The molecule has 0 aliphatic carbocycles. The number of amides is 2. The van der Waals surface area contributed by atoms with Crippen LogP contribution in [0.15, 0.2) is 30.0 Å². The number of piperidine rings is 1. The van der Waals surface area contributed by atoms with Gasteiger partial charge >= 0.3 is 0 Å². The molecule has 1 N–H and O–H groups in total. The van der Waals surface area contributed by atoms with Crippen molar-refractivity contribution in [1.82, 2.24) is 10.2 Å². The number of nitrogens with zero attached hydrogens (tertiary/aromatic N) is 1. The van der Waals surface area contributed by atoms with Gasteiger partial charge in [0.15, 0.2) is 0 Å². The Morgan fingerprint density at radius 1 is 1.08 bits per heavy atom. The zero-order valence-electron chi connectivity index (χ0n) is 15.6. The van der Waals surface area contributed by atoms with E-state index in [0.29, 0.717) is 5.70 Å². The molecule has 0 saturated carbocycles. The third-order valence-electron chi connectivity index (χ3n) is 4.23. The lowest BCUT2D eigenvalue weighted by Gasteiger charge is -2.28. The van der Waals surface area contributed by atoms with Crippen LogP contribution in [0.4, 0.5) is 0 Å². The van der Waals surface area contributed by atoms with Gasteiger partial charge in [-0.25, -0.2) is 0 Å². The van der Waals surface area contributed by atoms with E-state index in [4.69, 9.17) is 4.74 Å². The van der Waals surface area contributed by atoms with Gasteiger partial charge in [0.2, 0.25) is 5.91 Å². The predicted octanol–water partition coefficient (Wildman–Crippen LogP) is 3.21. The number of ether oxygens (including phenoxy) is 1. The molecular formula is C20H28N2O3. The normalized spacial score (nSPS) is 15.7. The van der Waals surface area contributed by atoms with Gasteiger partial charge < -0.3 is 15.0 Å². The smallest absolute Gasteiger partial charge is 0.270 e. The minimum Gasteiger partial charge on any atom is -0.497 e. The van der Waals surface area contributed by atoms with Crippen molar-refractivity contribution in [2.75, 3.05) is 20.2 Å². The fourth-order valence-corrected chi connectivity index (χ4v) is 2.60. The van der Waals surface area contributed by atoms with E-state index < -0.39 is 5.41 Å². The van der Waals surface area contributed by atoms with Crippen LogP contribution in [0.5, 0.6) is 5.75 Å². The number of hydrogen-bond acceptors (Lipinski definition) is 3. The third kappa shape index (κ3) is 5.34. The Morgan fingerprint density at radius 3 is 2.20 bits per heavy atom. The lowest BCUT2D eigenvalue weighted by atomic mass is 9.95. The van der Waals surface area contributed by atoms with Crippen molar-refractivity contribution in [3.8, 4) is 5.75 Å². The monoisotopic (exact) mass is 344 g/mol. The van der Waals surface area contributed by atoms with Gasteiger partial charge in [-0.1, -0.05) is 32.9 Å². The van der Waals surface area contributed by atoms with Gasteiger partial charge in [-0.2, -0.15) is 0 Å². The molecule has 0 spiro atoms. The number of rotatable bonds is 4. The first-order chi connectivity index (χ1) is 11.8. The Kier molecular flexibility index (Phi) is 6.23. The highest BCUT2D eigenvalue weighted by Gasteiger charge is 2.26. The van der Waals surface area contributed by atoms with E-state index in [0.717, 1.165) is 43.7 Å². The molecule has 5 heteroatoms. The Morgan fingerprint density at radius 2 is 1.68 bits per heavy atom. The summed E-state index contributed by atoms with van der Waals surface area (Å²) >= 11 is 0. The van der Waals surface area contributed by atoms with Crippen molar-refractivity contribution in [3.05, 3.63) is 35.5 Å². The molecule has 1 aliphatic heterocycles. The number of likely N-dealkylation sites (tertiary alicyclic amines) is 1. The van der Waals surface area contributed by atoms with Gasteiger partial charge in [-0.05, 0) is 43.0 Å². The van der Waals surface area contributed by atoms with Crippen LogP contribution in [-0.4, -0.2) is 36.9 Å². The van der Waals surface area contributed by atoms with Crippen molar-refractivity contribution in [1.29, 1.82) is 0 Å². The molecule has 1 aromatic carbocycles. The number of hydrogen-bond donors (Lipinski definition) is 1. The number of methoxy groups -OCH3 is 1. The third-order valence-corrected chi connectivity index (χ3v) is 4.23. The second-order valence-corrected chi connectivity index (χ2v) is 7.39. The average Bonchev–Trinajstić information content (AvgIpc) is 2.61. The zero-order valence-corrected chi connectivity index (χ0v) is 15.6. The van der Waals surface area contributed by atoms with Gasteiger partial charge in [-0.15, -0.1) is 0 Å². The van der Waals surface area contributed by atoms with Crippen LogP contribution in [0, 0.1) is 5.41 Å². The number of carbonyl (C=O) groups excluding carboxylic acids is 2. The number of benzene rings is 1. The zero-order chi connectivity index (χ0) is 18.4. The van der Waals surface area contributed by atoms with Crippen LogP contribution >= 0.6 is 0 Å². The van der Waals surface area contributed by atoms with Crippen LogP contribution in [0.2, 0.25) is 0 Å². The molecule has 2 rings (SSSR count). The van der Waals surface area contributed by atoms with Crippen molar-refractivity contribution < 1.29 is 14.3 Å². The molecule has 5 nitrogen and oxygen atoms in total. The van der Waals surface area contributed by atoms with Crippen LogP contribution < -0.4 is 10.1 Å². The van der Waals surface area contributed by atoms with E-state index in [-0.39, 0.29) is 11.8 Å². The van der Waals surface area contributed by atoms with Gasteiger partial charge in [-0.3, -0.25) is 9.59 Å². The van der Waals surface area contributed by atoms with Crippen LogP contribution in [0.3, 0.4) is 0 Å². The summed E-state index contributed by atoms with van der Waals surface area (Å²) in [7, 11) is 1.61. The highest BCUT2D eigenvalue weighted by Crippen LogP contribution is 2.18. The lowest BCUT2D eigenvalue weighted by molar-refractivity contribution is -0.132. The van der Waals surface area contributed by atoms with Crippen molar-refractivity contribution in [2.45, 2.75) is 40.0 Å². The summed E-state index contributed by atoms with van der Waals surface area (Å²) < 4.78 is 5.16. The van der Waals surface area contributed by atoms with Crippen LogP contribution in [0.25, 0.3) is 6.08 Å². The Balaban J connectivity index is 2.27. The fraction of sp³-hybridized carbons (Fsp3) is 0.500. The maximum Gasteiger partial charge on any atom is 0.270 e. The molecule has 1 aliphatic rings. The minimum atomic E-state index is -0.568. The van der Waals surface area contributed by atoms with Crippen molar-refractivity contribution in [3.63, 3.8) is 0 Å². The summed E-state index contributed by atoms with van der Waals surface area (Å²) in [5.41, 5.74) is 0.601. The Labute approximate surface area is 150 Å². The number of carbonyl (C=O) groups is 2. The largest absolute Gasteiger partial charge is 0.497 e. The minimum absolute atomic E-state index is 0.117. The molecule has 136 valence electrons. The molecule has 0 aromatic heterocycles. The van der Waals surface area contributed by atoms with E-state index in [9.17, 15) is 9.59 Å². The second-order valence-electron chi connectivity index (χ2n) is 7.39. The average molecular weight is 344 g/mol. The number of nitrogens with one attached hydrogen (secondary N) is 1. The molecule has 1 heterocycles. The SMILES string of the molecule is COc1ccc(/C=C(\NC(=O)C(C)(C)C)C(=O)N2CCCCC2)cc1. The summed E-state index contributed by atoms with van der Waals surface area (Å²) in [6.45, 7) is 6.98. The predicted molar refractivity (Wildman–Crippen MR) is 99.0 cm³/mol. The quantitative estimate of drug-likeness (QED) is 0.853. The van der Waals surface area contributed by atoms with Crippen molar-refractivity contribution >= 4 is 17.9 Å². The first kappa shape index (κ1) is 19.0. The highest BCUT2D eigenvalue weighted by molar-refractivity contribution is 6.02. The lowest BCUT2D eigenvalue weighted by Crippen LogP contribution is -2.43. The summed E-state index contributed by atoms with van der Waals surface area (Å²) in [5.74, 6) is 0.463. The molecule has 25 heavy (non-hydrogen) atoms. The highest BCUT2D eigenvalue weighted by atomic mass is 16.5. The maximum absolute atomic E-state index is 12.9. The molecule has 0 radical (unpaired) electrons. The summed E-state index contributed by atoms with van der Waals surface area (Å²) in [5, 5.41) is 2.83. The second kappa shape index (κ2) is 8.19. The van der Waals surface area contributed by atoms with Crippen LogP contribution in [-0.2, 0) is 9.59 Å². The van der Waals surface area contributed by atoms with Gasteiger partial charge in [0, 0.05) is 18.5 Å². The first-order valence-electron chi connectivity index (χ1n) is 8.78. The van der Waals surface area contributed by atoms with E-state index in [1.807, 2.05) is 49.9 Å². The van der Waals surface area contributed by atoms with E-state index in [2.05, 4.69) is 5.32 Å². The first-order valence-corrected chi connectivity index (χ1v) is 8.78. The Hall–Kier alpha value is -2.30. The molecule has 1 aromatic rings. The molecule has 2 amide bonds. The maximum atomic E-state index is 12.9. The molecule has 1 fully saturated rings. The Bertz CT molecular complexity index is 636. The molecule has 0 unspecified atom stereocenters. The van der Waals surface area contributed by atoms with Gasteiger partial charge in [0.1, 0.15) is 11.4 Å². The molecular weight excluding hydrogens is 316 g/mol. The van der Waals surface area contributed by atoms with E-state index >= 15 is 0 Å². The molecule has 0 bridgehead atoms. The summed E-state index contributed by atoms with van der Waals surface area (Å²) in [4.78, 5) is 27.1. The van der Waals surface area contributed by atoms with Crippen molar-refractivity contribution in [2.24, 2.45) is 5.41 Å². The van der Waals surface area contributed by atoms with E-state index in [1.165, 1.54) is 0 Å². The van der Waals surface area contributed by atoms with Gasteiger partial charge in [0.05, 0.1) is 7.11 Å². The van der Waals surface area contributed by atoms with E-state index in [1.54, 1.807) is 13.2 Å². The standard InChI is InChI=1S/C20H28N2O3/c1-20(2,3)19(24)21-17(18(23)22-12-6-5-7-13-22)14-15-8-10-16(25-4)11-9-15/h8-11,14H,5-7,12-13H2,1-4H3,(H,21,24)/b17-14-. The fourth-order valence-electron chi connectivity index (χ4n) is 2.60. The molecule has 0 atom stereocenters. The molecule has 1 saturated heterocycles.